The molecule has 0 spiro atoms. The maximum atomic E-state index is 12.1. The highest BCUT2D eigenvalue weighted by Crippen LogP contribution is 2.57. The van der Waals surface area contributed by atoms with Crippen LogP contribution in [0.25, 0.3) is 0 Å². The fourth-order valence-electron chi connectivity index (χ4n) is 5.02. The van der Waals surface area contributed by atoms with Crippen LogP contribution in [-0.2, 0) is 4.79 Å². The predicted octanol–water partition coefficient (Wildman–Crippen LogP) is 1.47. The summed E-state index contributed by atoms with van der Waals surface area (Å²) in [6.07, 6.45) is 6.81. The average molecular weight is 236 g/mol. The maximum absolute atomic E-state index is 12.1. The lowest BCUT2D eigenvalue weighted by Crippen LogP contribution is -2.56. The zero-order chi connectivity index (χ0) is 12.2. The van der Waals surface area contributed by atoms with Crippen LogP contribution in [0.2, 0.25) is 0 Å². The highest BCUT2D eigenvalue weighted by Gasteiger charge is 2.51. The van der Waals surface area contributed by atoms with Gasteiger partial charge >= 0.3 is 0 Å². The first kappa shape index (κ1) is 11.5. The number of nitrogens with two attached hydrogens (primary N) is 1. The first-order valence-electron chi connectivity index (χ1n) is 7.03. The summed E-state index contributed by atoms with van der Waals surface area (Å²) in [5.41, 5.74) is 6.25. The van der Waals surface area contributed by atoms with Gasteiger partial charge in [0.05, 0.1) is 6.04 Å². The first-order valence-corrected chi connectivity index (χ1v) is 7.03. The van der Waals surface area contributed by atoms with E-state index < -0.39 is 0 Å². The highest BCUT2D eigenvalue weighted by molar-refractivity contribution is 5.81. The van der Waals surface area contributed by atoms with Gasteiger partial charge < -0.3 is 10.6 Å². The molecule has 4 fully saturated rings. The Bertz CT molecular complexity index is 298. The summed E-state index contributed by atoms with van der Waals surface area (Å²) in [6.45, 7) is 0. The summed E-state index contributed by atoms with van der Waals surface area (Å²) in [6, 6.07) is -0.250. The SMILES string of the molecule is CN(C)C(=O)C(N)C1C2CC3CC(C2)CC1C3. The molecule has 4 rings (SSSR count). The largest absolute Gasteiger partial charge is 0.347 e. The lowest BCUT2D eigenvalue weighted by molar-refractivity contribution is -0.136. The second-order valence-corrected chi connectivity index (χ2v) is 6.77. The smallest absolute Gasteiger partial charge is 0.239 e. The topological polar surface area (TPSA) is 46.3 Å². The molecule has 0 saturated heterocycles. The lowest BCUT2D eigenvalue weighted by Gasteiger charge is -2.55. The Balaban J connectivity index is 1.77. The second-order valence-electron chi connectivity index (χ2n) is 6.77. The zero-order valence-corrected chi connectivity index (χ0v) is 10.9. The van der Waals surface area contributed by atoms with Crippen molar-refractivity contribution in [3.05, 3.63) is 0 Å². The quantitative estimate of drug-likeness (QED) is 0.789. The number of likely N-dealkylation sites (N-methyl/N-ethyl adjacent to an activating group) is 1. The van der Waals surface area contributed by atoms with Crippen molar-refractivity contribution in [2.75, 3.05) is 14.1 Å². The molecular weight excluding hydrogens is 212 g/mol. The number of carbonyl (C=O) groups is 1. The molecule has 3 heteroatoms. The van der Waals surface area contributed by atoms with Crippen molar-refractivity contribution < 1.29 is 4.79 Å². The van der Waals surface area contributed by atoms with E-state index in [1.165, 1.54) is 32.1 Å². The molecule has 0 aromatic carbocycles. The van der Waals surface area contributed by atoms with Gasteiger partial charge in [-0.3, -0.25) is 4.79 Å². The molecule has 4 aliphatic rings. The Morgan fingerprint density at radius 2 is 1.53 bits per heavy atom. The Kier molecular flexibility index (Phi) is 2.69. The normalized spacial score (nSPS) is 44.8. The minimum absolute atomic E-state index is 0.127. The third-order valence-corrected chi connectivity index (χ3v) is 5.44. The van der Waals surface area contributed by atoms with Gasteiger partial charge in [0.2, 0.25) is 5.91 Å². The monoisotopic (exact) mass is 236 g/mol. The van der Waals surface area contributed by atoms with Gasteiger partial charge in [-0.05, 0) is 61.7 Å². The number of rotatable bonds is 2. The van der Waals surface area contributed by atoms with Crippen molar-refractivity contribution in [3.8, 4) is 0 Å². The fraction of sp³-hybridized carbons (Fsp3) is 0.929. The van der Waals surface area contributed by atoms with Crippen LogP contribution >= 0.6 is 0 Å². The molecule has 0 aromatic heterocycles. The molecule has 3 nitrogen and oxygen atoms in total. The van der Waals surface area contributed by atoms with Crippen LogP contribution < -0.4 is 5.73 Å². The summed E-state index contributed by atoms with van der Waals surface area (Å²) >= 11 is 0. The van der Waals surface area contributed by atoms with Gasteiger partial charge in [0.1, 0.15) is 0 Å². The van der Waals surface area contributed by atoms with Gasteiger partial charge in [0.25, 0.3) is 0 Å². The van der Waals surface area contributed by atoms with E-state index in [0.29, 0.717) is 5.92 Å². The van der Waals surface area contributed by atoms with Crippen LogP contribution in [0.1, 0.15) is 32.1 Å². The molecule has 4 saturated carbocycles. The van der Waals surface area contributed by atoms with Gasteiger partial charge in [0, 0.05) is 14.1 Å². The van der Waals surface area contributed by atoms with Crippen LogP contribution in [0.3, 0.4) is 0 Å². The minimum atomic E-state index is -0.250. The van der Waals surface area contributed by atoms with Crippen LogP contribution in [0.5, 0.6) is 0 Å². The third kappa shape index (κ3) is 1.79. The molecule has 1 atom stereocenters. The predicted molar refractivity (Wildman–Crippen MR) is 67.2 cm³/mol. The molecule has 96 valence electrons. The number of carbonyl (C=O) groups excluding carboxylic acids is 1. The molecule has 2 N–H and O–H groups in total. The molecule has 1 unspecified atom stereocenters. The van der Waals surface area contributed by atoms with E-state index in [1.54, 1.807) is 4.90 Å². The summed E-state index contributed by atoms with van der Waals surface area (Å²) in [7, 11) is 3.64. The second kappa shape index (κ2) is 3.98. The van der Waals surface area contributed by atoms with Crippen molar-refractivity contribution in [2.45, 2.75) is 38.1 Å². The van der Waals surface area contributed by atoms with Crippen LogP contribution in [0, 0.1) is 29.6 Å². The Morgan fingerprint density at radius 3 is 1.94 bits per heavy atom. The number of amides is 1. The van der Waals surface area contributed by atoms with Crippen LogP contribution in [0.15, 0.2) is 0 Å². The molecule has 4 bridgehead atoms. The van der Waals surface area contributed by atoms with Gasteiger partial charge in [-0.1, -0.05) is 0 Å². The zero-order valence-electron chi connectivity index (χ0n) is 10.9. The molecule has 17 heavy (non-hydrogen) atoms. The van der Waals surface area contributed by atoms with Gasteiger partial charge in [-0.15, -0.1) is 0 Å². The fourth-order valence-corrected chi connectivity index (χ4v) is 5.02. The van der Waals surface area contributed by atoms with Gasteiger partial charge in [-0.25, -0.2) is 0 Å². The van der Waals surface area contributed by atoms with Crippen molar-refractivity contribution in [2.24, 2.45) is 35.3 Å². The summed E-state index contributed by atoms with van der Waals surface area (Å²) in [5, 5.41) is 0. The number of nitrogens with zero attached hydrogens (tertiary/aromatic N) is 1. The Hall–Kier alpha value is -0.570. The minimum Gasteiger partial charge on any atom is -0.347 e. The van der Waals surface area contributed by atoms with E-state index in [2.05, 4.69) is 0 Å². The van der Waals surface area contributed by atoms with Gasteiger partial charge in [-0.2, -0.15) is 0 Å². The molecule has 1 amide bonds. The number of hydrogen-bond donors (Lipinski definition) is 1. The van der Waals surface area contributed by atoms with Crippen molar-refractivity contribution >= 4 is 5.91 Å². The maximum Gasteiger partial charge on any atom is 0.239 e. The van der Waals surface area contributed by atoms with E-state index in [-0.39, 0.29) is 11.9 Å². The summed E-state index contributed by atoms with van der Waals surface area (Å²) in [5.74, 6) is 3.99. The van der Waals surface area contributed by atoms with E-state index in [9.17, 15) is 4.79 Å². The van der Waals surface area contributed by atoms with E-state index in [0.717, 1.165) is 23.7 Å². The first-order chi connectivity index (χ1) is 8.06. The van der Waals surface area contributed by atoms with E-state index in [1.807, 2.05) is 14.1 Å². The molecule has 0 radical (unpaired) electrons. The van der Waals surface area contributed by atoms with Crippen LogP contribution in [-0.4, -0.2) is 30.9 Å². The van der Waals surface area contributed by atoms with E-state index in [4.69, 9.17) is 5.73 Å². The lowest BCUT2D eigenvalue weighted by atomic mass is 9.50. The highest BCUT2D eigenvalue weighted by atomic mass is 16.2. The molecule has 0 heterocycles. The van der Waals surface area contributed by atoms with Crippen molar-refractivity contribution in [1.82, 2.24) is 4.90 Å². The molecule has 4 aliphatic carbocycles. The van der Waals surface area contributed by atoms with Crippen molar-refractivity contribution in [3.63, 3.8) is 0 Å². The van der Waals surface area contributed by atoms with Gasteiger partial charge in [0.15, 0.2) is 0 Å². The molecule has 0 aromatic rings. The summed E-state index contributed by atoms with van der Waals surface area (Å²) < 4.78 is 0. The van der Waals surface area contributed by atoms with Crippen molar-refractivity contribution in [1.29, 1.82) is 0 Å². The molecular formula is C14H24N2O. The van der Waals surface area contributed by atoms with E-state index >= 15 is 0 Å². The average Bonchev–Trinajstić information content (AvgIpc) is 2.26. The van der Waals surface area contributed by atoms with Crippen LogP contribution in [0.4, 0.5) is 0 Å². The number of hydrogen-bond acceptors (Lipinski definition) is 2. The Labute approximate surface area is 104 Å². The standard InChI is InChI=1S/C14H24N2O/c1-16(2)14(17)13(15)12-10-4-8-3-9(6-10)7-11(12)5-8/h8-13H,3-7,15H2,1-2H3. The third-order valence-electron chi connectivity index (χ3n) is 5.44. The Morgan fingerprint density at radius 1 is 1.06 bits per heavy atom. The summed E-state index contributed by atoms with van der Waals surface area (Å²) in [4.78, 5) is 13.7. The molecule has 0 aliphatic heterocycles.